The summed E-state index contributed by atoms with van der Waals surface area (Å²) in [5.41, 5.74) is 6.06. The van der Waals surface area contributed by atoms with Gasteiger partial charge in [0.2, 0.25) is 5.95 Å². The first kappa shape index (κ1) is 43.6. The molecule has 0 spiro atoms. The number of ether oxygens (including phenoxy) is 4. The molecular formula is C47H53FN16O4. The van der Waals surface area contributed by atoms with Crippen molar-refractivity contribution in [2.45, 2.75) is 95.7 Å². The van der Waals surface area contributed by atoms with E-state index in [1.54, 1.807) is 51.0 Å². The monoisotopic (exact) mass is 924 g/mol. The van der Waals surface area contributed by atoms with Crippen LogP contribution >= 0.6 is 0 Å². The molecule has 68 heavy (non-hydrogen) atoms. The van der Waals surface area contributed by atoms with Gasteiger partial charge in [-0.05, 0) is 87.8 Å². The van der Waals surface area contributed by atoms with Crippen molar-refractivity contribution in [2.75, 3.05) is 66.0 Å². The standard InChI is InChI=1S/C47H53FN16O4/c1-28-42(48)46(56-29(2)55-28)57-31-3-7-35(8-4-31)67-40-24-34(22-38-44(40)52-14-12-50-38)63-17-20-66-41(27-63)64(47-53-25-30(26-54-47)45-58-60-61-59-45)32-5-9-36(10-6-32)68-39-23-33(62-15-18-65-19-16-62)21-37-43(39)51-13-11-49-37/h11-14,21-26,31-32,35-36,41H,3-10,15-20,27H2,1-2H3,(H,55,56,57)(H,58,59,60,61)/t31-,32-,35+,36+,41?. The van der Waals surface area contributed by atoms with Gasteiger partial charge in [-0.2, -0.15) is 0 Å². The number of nitrogens with one attached hydrogen (secondary N) is 2. The second-order valence-corrected chi connectivity index (χ2v) is 17.8. The fraction of sp³-hybridized carbons (Fsp3) is 0.468. The first-order chi connectivity index (χ1) is 33.4. The summed E-state index contributed by atoms with van der Waals surface area (Å²) >= 11 is 0. The first-order valence-electron chi connectivity index (χ1n) is 23.5. The van der Waals surface area contributed by atoms with E-state index in [4.69, 9.17) is 38.9 Å². The molecule has 1 atom stereocenters. The van der Waals surface area contributed by atoms with Crippen LogP contribution in [0.25, 0.3) is 33.5 Å². The fourth-order valence-electron chi connectivity index (χ4n) is 9.96. The second kappa shape index (κ2) is 19.3. The number of nitrogens with zero attached hydrogens (tertiary/aromatic N) is 14. The number of hydrogen-bond acceptors (Lipinski definition) is 19. The molecule has 2 saturated heterocycles. The predicted molar refractivity (Wildman–Crippen MR) is 250 cm³/mol. The van der Waals surface area contributed by atoms with Gasteiger partial charge in [0, 0.05) is 92.4 Å². The molecule has 21 heteroatoms. The maximum absolute atomic E-state index is 14.9. The van der Waals surface area contributed by atoms with E-state index in [1.165, 1.54) is 0 Å². The van der Waals surface area contributed by atoms with Gasteiger partial charge in [0.1, 0.15) is 34.6 Å². The number of H-pyrrole nitrogens is 1. The molecule has 2 N–H and O–H groups in total. The van der Waals surface area contributed by atoms with Crippen LogP contribution in [0.3, 0.4) is 0 Å². The molecule has 7 aromatic rings. The van der Waals surface area contributed by atoms with Gasteiger partial charge in [0.15, 0.2) is 17.5 Å². The molecule has 0 amide bonds. The molecule has 2 saturated carbocycles. The van der Waals surface area contributed by atoms with E-state index in [2.05, 4.69) is 84.8 Å². The lowest BCUT2D eigenvalue weighted by atomic mass is 9.91. The average Bonchev–Trinajstić information content (AvgIpc) is 3.93. The number of morpholine rings is 2. The minimum absolute atomic E-state index is 0.0253. The van der Waals surface area contributed by atoms with Crippen molar-refractivity contribution in [3.05, 3.63) is 78.8 Å². The van der Waals surface area contributed by atoms with Gasteiger partial charge < -0.3 is 39.0 Å². The van der Waals surface area contributed by atoms with E-state index >= 15 is 0 Å². The number of rotatable bonds is 12. The minimum atomic E-state index is -0.403. The molecule has 20 nitrogen and oxygen atoms in total. The summed E-state index contributed by atoms with van der Waals surface area (Å²) in [4.78, 5) is 43.9. The predicted octanol–water partition coefficient (Wildman–Crippen LogP) is 5.79. The van der Waals surface area contributed by atoms with E-state index in [9.17, 15) is 4.39 Å². The van der Waals surface area contributed by atoms with Gasteiger partial charge in [-0.15, -0.1) is 5.10 Å². The molecule has 4 fully saturated rings. The number of aromatic amines is 1. The highest BCUT2D eigenvalue weighted by atomic mass is 19.1. The van der Waals surface area contributed by atoms with Crippen molar-refractivity contribution >= 4 is 45.2 Å². The maximum Gasteiger partial charge on any atom is 0.227 e. The van der Waals surface area contributed by atoms with Crippen molar-refractivity contribution in [3.8, 4) is 22.9 Å². The van der Waals surface area contributed by atoms with Crippen LogP contribution in [-0.2, 0) is 9.47 Å². The van der Waals surface area contributed by atoms with Crippen LogP contribution in [-0.4, -0.2) is 137 Å². The normalized spacial score (nSPS) is 22.3. The summed E-state index contributed by atoms with van der Waals surface area (Å²) in [6.45, 7) is 8.10. The molecule has 5 aromatic heterocycles. The summed E-state index contributed by atoms with van der Waals surface area (Å²) in [7, 11) is 0. The Labute approximate surface area is 391 Å². The number of anilines is 4. The second-order valence-electron chi connectivity index (χ2n) is 17.8. The quantitative estimate of drug-likeness (QED) is 0.148. The summed E-state index contributed by atoms with van der Waals surface area (Å²) in [5.74, 6) is 2.88. The Bertz CT molecular complexity index is 2840. The Hall–Kier alpha value is -7.00. The number of aromatic nitrogens is 12. The van der Waals surface area contributed by atoms with Gasteiger partial charge >= 0.3 is 0 Å². The van der Waals surface area contributed by atoms with Gasteiger partial charge in [-0.1, -0.05) is 0 Å². The van der Waals surface area contributed by atoms with Crippen LogP contribution in [0.5, 0.6) is 11.5 Å². The topological polar surface area (TPSA) is 216 Å². The van der Waals surface area contributed by atoms with Crippen LogP contribution in [0.2, 0.25) is 0 Å². The van der Waals surface area contributed by atoms with Gasteiger partial charge in [-0.3, -0.25) is 9.97 Å². The van der Waals surface area contributed by atoms with E-state index in [0.717, 1.165) is 98.1 Å². The van der Waals surface area contributed by atoms with Gasteiger partial charge in [-0.25, -0.2) is 39.4 Å². The van der Waals surface area contributed by atoms with Crippen molar-refractivity contribution in [3.63, 3.8) is 0 Å². The van der Waals surface area contributed by atoms with Crippen LogP contribution in [0.4, 0.5) is 27.5 Å². The number of tetrazole rings is 1. The molecule has 4 aliphatic rings. The smallest absolute Gasteiger partial charge is 0.227 e. The highest BCUT2D eigenvalue weighted by Gasteiger charge is 2.37. The Morgan fingerprint density at radius 3 is 1.99 bits per heavy atom. The molecule has 11 rings (SSSR count). The Kier molecular flexibility index (Phi) is 12.4. The molecule has 1 unspecified atom stereocenters. The molecular weight excluding hydrogens is 872 g/mol. The maximum atomic E-state index is 14.9. The third-order valence-electron chi connectivity index (χ3n) is 13.4. The van der Waals surface area contributed by atoms with Crippen LogP contribution in [0.15, 0.2) is 61.4 Å². The number of benzene rings is 2. The minimum Gasteiger partial charge on any atom is -0.488 e. The van der Waals surface area contributed by atoms with Crippen molar-refractivity contribution in [1.29, 1.82) is 0 Å². The summed E-state index contributed by atoms with van der Waals surface area (Å²) in [6, 6.07) is 8.48. The Morgan fingerprint density at radius 1 is 0.721 bits per heavy atom. The number of fused-ring (bicyclic) bond motifs is 2. The third-order valence-corrected chi connectivity index (χ3v) is 13.4. The molecule has 2 aromatic carbocycles. The van der Waals surface area contributed by atoms with Crippen LogP contribution in [0.1, 0.15) is 62.9 Å². The van der Waals surface area contributed by atoms with Crippen molar-refractivity contribution < 1.29 is 23.3 Å². The first-order valence-corrected chi connectivity index (χ1v) is 23.5. The van der Waals surface area contributed by atoms with Crippen molar-refractivity contribution in [1.82, 2.24) is 60.5 Å². The lowest BCUT2D eigenvalue weighted by Crippen LogP contribution is -2.56. The van der Waals surface area contributed by atoms with E-state index in [-0.39, 0.29) is 36.3 Å². The van der Waals surface area contributed by atoms with Gasteiger partial charge in [0.25, 0.3) is 0 Å². The summed E-state index contributed by atoms with van der Waals surface area (Å²) in [6.07, 6.45) is 16.3. The number of hydrogen-bond donors (Lipinski definition) is 2. The third kappa shape index (κ3) is 9.31. The zero-order chi connectivity index (χ0) is 46.0. The molecule has 0 bridgehead atoms. The van der Waals surface area contributed by atoms with E-state index < -0.39 is 5.82 Å². The van der Waals surface area contributed by atoms with Gasteiger partial charge in [0.05, 0.1) is 60.9 Å². The number of aryl methyl sites for hydroxylation is 2. The summed E-state index contributed by atoms with van der Waals surface area (Å²) < 4.78 is 40.8. The highest BCUT2D eigenvalue weighted by molar-refractivity contribution is 5.86. The average molecular weight is 925 g/mol. The lowest BCUT2D eigenvalue weighted by molar-refractivity contribution is 0.0258. The van der Waals surface area contributed by atoms with E-state index in [1.807, 2.05) is 0 Å². The van der Waals surface area contributed by atoms with E-state index in [0.29, 0.717) is 73.0 Å². The zero-order valence-electron chi connectivity index (χ0n) is 38.0. The van der Waals surface area contributed by atoms with Crippen LogP contribution in [0, 0.1) is 19.7 Å². The number of halogens is 1. The SMILES string of the molecule is Cc1nc(C)c(F)c(N[C@H]2CC[C@@H](Oc3cc(N4CCOC(N(c5ncc(-c6nnn[nH]6)cn5)[C@H]5CC[C@@H](Oc6cc(N7CCOCC7)cc7nccnc67)CC5)C4)cc4nccnc34)CC2)n1. The molecule has 2 aliphatic carbocycles. The van der Waals surface area contributed by atoms with Crippen molar-refractivity contribution in [2.24, 2.45) is 0 Å². The fourth-order valence-corrected chi connectivity index (χ4v) is 9.96. The summed E-state index contributed by atoms with van der Waals surface area (Å²) in [5, 5.41) is 17.6. The Morgan fingerprint density at radius 2 is 1.34 bits per heavy atom. The molecule has 2 aliphatic heterocycles. The molecule has 7 heterocycles. The van der Waals surface area contributed by atoms with Crippen LogP contribution < -0.4 is 29.5 Å². The highest BCUT2D eigenvalue weighted by Crippen LogP contribution is 2.38. The molecule has 0 radical (unpaired) electrons. The Balaban J connectivity index is 0.813. The largest absolute Gasteiger partial charge is 0.488 e. The molecule has 352 valence electrons. The lowest BCUT2D eigenvalue weighted by Gasteiger charge is -2.45. The zero-order valence-corrected chi connectivity index (χ0v) is 38.0.